The molecule has 0 saturated carbocycles. The van der Waals surface area contributed by atoms with Crippen molar-refractivity contribution in [1.29, 1.82) is 0 Å². The molecule has 1 N–H and O–H groups in total. The molecule has 0 aliphatic carbocycles. The summed E-state index contributed by atoms with van der Waals surface area (Å²) in [6.45, 7) is 11.2. The predicted molar refractivity (Wildman–Crippen MR) is 71.9 cm³/mol. The molecule has 0 amide bonds. The van der Waals surface area contributed by atoms with E-state index in [0.717, 1.165) is 19.4 Å². The van der Waals surface area contributed by atoms with Crippen LogP contribution in [0.4, 0.5) is 0 Å². The van der Waals surface area contributed by atoms with E-state index < -0.39 is 0 Å². The molecule has 0 saturated heterocycles. The summed E-state index contributed by atoms with van der Waals surface area (Å²) in [4.78, 5) is 4.60. The zero-order valence-electron chi connectivity index (χ0n) is 10.5. The van der Waals surface area contributed by atoms with Gasteiger partial charge in [0.25, 0.3) is 0 Å². The fourth-order valence-corrected chi connectivity index (χ4v) is 2.25. The first-order valence-electron chi connectivity index (χ1n) is 5.92. The minimum absolute atomic E-state index is 0.530. The zero-order valence-corrected chi connectivity index (χ0v) is 11.3. The van der Waals surface area contributed by atoms with Crippen LogP contribution in [-0.2, 0) is 6.54 Å². The maximum absolute atomic E-state index is 4.60. The summed E-state index contributed by atoms with van der Waals surface area (Å²) in [5.41, 5.74) is 1.17. The molecule has 0 fully saturated rings. The normalized spacial score (nSPS) is 13.0. The molecule has 0 aliphatic heterocycles. The topological polar surface area (TPSA) is 24.9 Å². The minimum Gasteiger partial charge on any atom is -0.309 e. The van der Waals surface area contributed by atoms with Crippen molar-refractivity contribution < 1.29 is 0 Å². The van der Waals surface area contributed by atoms with Crippen molar-refractivity contribution >= 4 is 11.3 Å². The van der Waals surface area contributed by atoms with E-state index in [0.29, 0.717) is 12.0 Å². The minimum atomic E-state index is 0.530. The monoisotopic (exact) mass is 238 g/mol. The molecule has 0 radical (unpaired) electrons. The number of nitrogens with one attached hydrogen (secondary N) is 1. The molecular formula is C13H22N2S. The molecule has 0 aliphatic rings. The first-order chi connectivity index (χ1) is 7.63. The van der Waals surface area contributed by atoms with Gasteiger partial charge in [-0.1, -0.05) is 19.9 Å². The second-order valence-electron chi connectivity index (χ2n) is 4.48. The molecule has 1 rings (SSSR count). The molecule has 2 nitrogen and oxygen atoms in total. The molecule has 16 heavy (non-hydrogen) atoms. The van der Waals surface area contributed by atoms with Crippen molar-refractivity contribution in [1.82, 2.24) is 10.3 Å². The van der Waals surface area contributed by atoms with Gasteiger partial charge in [0.2, 0.25) is 0 Å². The summed E-state index contributed by atoms with van der Waals surface area (Å²) in [6, 6.07) is 0.530. The molecule has 0 bridgehead atoms. The largest absolute Gasteiger partial charge is 0.309 e. The Hall–Kier alpha value is -0.670. The van der Waals surface area contributed by atoms with Gasteiger partial charge in [0.15, 0.2) is 0 Å². The van der Waals surface area contributed by atoms with Crippen LogP contribution in [0, 0.1) is 0 Å². The lowest BCUT2D eigenvalue weighted by atomic mass is 10.2. The molecule has 0 aromatic carbocycles. The Kier molecular flexibility index (Phi) is 5.71. The van der Waals surface area contributed by atoms with Crippen LogP contribution in [0.15, 0.2) is 18.0 Å². The Morgan fingerprint density at radius 1 is 1.50 bits per heavy atom. The molecule has 90 valence electrons. The summed E-state index contributed by atoms with van der Waals surface area (Å²) in [5, 5.41) is 6.87. The highest BCUT2D eigenvalue weighted by Gasteiger charge is 2.06. The number of rotatable bonds is 7. The lowest BCUT2D eigenvalue weighted by Crippen LogP contribution is -2.25. The number of allylic oxidation sites excluding steroid dienone is 1. The highest BCUT2D eigenvalue weighted by Crippen LogP contribution is 2.19. The number of hydrogen-bond donors (Lipinski definition) is 1. The quantitative estimate of drug-likeness (QED) is 0.732. The molecule has 1 unspecified atom stereocenters. The van der Waals surface area contributed by atoms with E-state index in [2.05, 4.69) is 43.0 Å². The van der Waals surface area contributed by atoms with Crippen LogP contribution in [0.5, 0.6) is 0 Å². The lowest BCUT2D eigenvalue weighted by Gasteiger charge is -2.11. The van der Waals surface area contributed by atoms with Gasteiger partial charge in [-0.3, -0.25) is 0 Å². The zero-order chi connectivity index (χ0) is 12.0. The van der Waals surface area contributed by atoms with Crippen LogP contribution in [0.2, 0.25) is 0 Å². The number of aromatic nitrogens is 1. The summed E-state index contributed by atoms with van der Waals surface area (Å²) in [6.07, 6.45) is 4.19. The van der Waals surface area contributed by atoms with E-state index in [1.165, 1.54) is 10.7 Å². The van der Waals surface area contributed by atoms with Crippen molar-refractivity contribution in [2.75, 3.05) is 0 Å². The maximum Gasteiger partial charge on any atom is 0.0954 e. The van der Waals surface area contributed by atoms with Gasteiger partial charge < -0.3 is 5.32 Å². The van der Waals surface area contributed by atoms with E-state index in [-0.39, 0.29) is 0 Å². The first-order valence-corrected chi connectivity index (χ1v) is 6.80. The van der Waals surface area contributed by atoms with Gasteiger partial charge >= 0.3 is 0 Å². The molecular weight excluding hydrogens is 216 g/mol. The molecule has 0 spiro atoms. The highest BCUT2D eigenvalue weighted by atomic mass is 32.1. The SMILES string of the molecule is C=CCCC(C)NCc1csc(C(C)C)n1. The lowest BCUT2D eigenvalue weighted by molar-refractivity contribution is 0.514. The first kappa shape index (κ1) is 13.4. The van der Waals surface area contributed by atoms with Crippen LogP contribution in [0.3, 0.4) is 0 Å². The number of nitrogens with zero attached hydrogens (tertiary/aromatic N) is 1. The van der Waals surface area contributed by atoms with Crippen LogP contribution < -0.4 is 5.32 Å². The van der Waals surface area contributed by atoms with Crippen LogP contribution >= 0.6 is 11.3 Å². The Morgan fingerprint density at radius 3 is 2.81 bits per heavy atom. The molecule has 1 aromatic rings. The van der Waals surface area contributed by atoms with Gasteiger partial charge in [0, 0.05) is 23.9 Å². The van der Waals surface area contributed by atoms with E-state index in [1.54, 1.807) is 11.3 Å². The fourth-order valence-electron chi connectivity index (χ4n) is 1.42. The molecule has 1 heterocycles. The van der Waals surface area contributed by atoms with Crippen molar-refractivity contribution in [2.24, 2.45) is 0 Å². The second kappa shape index (κ2) is 6.81. The van der Waals surface area contributed by atoms with Gasteiger partial charge in [0.1, 0.15) is 0 Å². The highest BCUT2D eigenvalue weighted by molar-refractivity contribution is 7.09. The van der Waals surface area contributed by atoms with Crippen molar-refractivity contribution in [2.45, 2.75) is 52.1 Å². The summed E-state index contributed by atoms with van der Waals surface area (Å²) in [5.74, 6) is 0.539. The van der Waals surface area contributed by atoms with Gasteiger partial charge in [-0.15, -0.1) is 17.9 Å². The van der Waals surface area contributed by atoms with Crippen LogP contribution in [0.25, 0.3) is 0 Å². The molecule has 1 atom stereocenters. The molecule has 1 aromatic heterocycles. The van der Waals surface area contributed by atoms with Crippen molar-refractivity contribution in [3.05, 3.63) is 28.7 Å². The smallest absolute Gasteiger partial charge is 0.0954 e. The average Bonchev–Trinajstić information content (AvgIpc) is 2.72. The van der Waals surface area contributed by atoms with E-state index in [4.69, 9.17) is 0 Å². The molecule has 3 heteroatoms. The van der Waals surface area contributed by atoms with Crippen molar-refractivity contribution in [3.8, 4) is 0 Å². The summed E-state index contributed by atoms with van der Waals surface area (Å²) >= 11 is 1.76. The van der Waals surface area contributed by atoms with E-state index in [9.17, 15) is 0 Å². The Bertz CT molecular complexity index is 317. The fraction of sp³-hybridized carbons (Fsp3) is 0.615. The number of hydrogen-bond acceptors (Lipinski definition) is 3. The Labute approximate surface area is 103 Å². The summed E-state index contributed by atoms with van der Waals surface area (Å²) < 4.78 is 0. The third kappa shape index (κ3) is 4.45. The van der Waals surface area contributed by atoms with Gasteiger partial charge in [-0.05, 0) is 19.8 Å². The third-order valence-corrected chi connectivity index (χ3v) is 3.69. The van der Waals surface area contributed by atoms with Gasteiger partial charge in [0.05, 0.1) is 10.7 Å². The average molecular weight is 238 g/mol. The van der Waals surface area contributed by atoms with Gasteiger partial charge in [-0.25, -0.2) is 4.98 Å². The van der Waals surface area contributed by atoms with Crippen molar-refractivity contribution in [3.63, 3.8) is 0 Å². The van der Waals surface area contributed by atoms with E-state index >= 15 is 0 Å². The third-order valence-electron chi connectivity index (χ3n) is 2.50. The van der Waals surface area contributed by atoms with E-state index in [1.807, 2.05) is 6.08 Å². The Morgan fingerprint density at radius 2 is 2.25 bits per heavy atom. The predicted octanol–water partition coefficient (Wildman–Crippen LogP) is 3.71. The maximum atomic E-state index is 4.60. The second-order valence-corrected chi connectivity index (χ2v) is 5.37. The van der Waals surface area contributed by atoms with Crippen LogP contribution in [-0.4, -0.2) is 11.0 Å². The summed E-state index contributed by atoms with van der Waals surface area (Å²) in [7, 11) is 0. The number of thiazole rings is 1. The van der Waals surface area contributed by atoms with Gasteiger partial charge in [-0.2, -0.15) is 0 Å². The van der Waals surface area contributed by atoms with Crippen LogP contribution in [0.1, 0.15) is 50.2 Å². The standard InChI is InChI=1S/C13H22N2S/c1-5-6-7-11(4)14-8-12-9-16-13(15-12)10(2)3/h5,9-11,14H,1,6-8H2,2-4H3. The Balaban J connectivity index is 2.33.